The molecule has 3 aliphatic rings. The largest absolute Gasteiger partial charge is 0.350 e. The van der Waals surface area contributed by atoms with Gasteiger partial charge >= 0.3 is 0 Å². The Morgan fingerprint density at radius 2 is 2.25 bits per heavy atom. The molecule has 1 N–H and O–H groups in total. The van der Waals surface area contributed by atoms with Gasteiger partial charge in [-0.25, -0.2) is 0 Å². The summed E-state index contributed by atoms with van der Waals surface area (Å²) in [6.07, 6.45) is 5.17. The molecule has 0 unspecified atom stereocenters. The minimum atomic E-state index is 0.0232. The van der Waals surface area contributed by atoms with Gasteiger partial charge in [0.25, 0.3) is 0 Å². The molecule has 3 heteroatoms. The molecule has 2 bridgehead atoms. The highest BCUT2D eigenvalue weighted by atomic mass is 16.2. The van der Waals surface area contributed by atoms with Crippen molar-refractivity contribution in [3.63, 3.8) is 0 Å². The zero-order chi connectivity index (χ0) is 11.2. The molecule has 0 atom stereocenters. The molecule has 3 saturated carbocycles. The van der Waals surface area contributed by atoms with Crippen LogP contribution in [0.1, 0.15) is 30.5 Å². The minimum absolute atomic E-state index is 0.0232. The number of pyridine rings is 1. The van der Waals surface area contributed by atoms with Gasteiger partial charge in [-0.05, 0) is 43.7 Å². The lowest BCUT2D eigenvalue weighted by molar-refractivity contribution is -0.165. The second-order valence-corrected chi connectivity index (χ2v) is 5.27. The summed E-state index contributed by atoms with van der Waals surface area (Å²) in [4.78, 5) is 16.2. The fourth-order valence-corrected chi connectivity index (χ4v) is 2.72. The molecule has 1 aromatic heterocycles. The summed E-state index contributed by atoms with van der Waals surface area (Å²) >= 11 is 0. The van der Waals surface area contributed by atoms with Crippen molar-refractivity contribution in [1.29, 1.82) is 0 Å². The zero-order valence-corrected chi connectivity index (χ0v) is 9.49. The molecule has 4 rings (SSSR count). The molecular weight excluding hydrogens is 200 g/mol. The Hall–Kier alpha value is -1.38. The number of aryl methyl sites for hydroxylation is 1. The van der Waals surface area contributed by atoms with Gasteiger partial charge in [0.2, 0.25) is 5.91 Å². The Balaban J connectivity index is 1.56. The molecule has 16 heavy (non-hydrogen) atoms. The van der Waals surface area contributed by atoms with Crippen LogP contribution >= 0.6 is 0 Å². The second-order valence-electron chi connectivity index (χ2n) is 5.27. The number of hydrogen-bond acceptors (Lipinski definition) is 2. The lowest BCUT2D eigenvalue weighted by Gasteiger charge is -2.60. The van der Waals surface area contributed by atoms with Crippen molar-refractivity contribution in [2.75, 3.05) is 0 Å². The molecule has 84 valence electrons. The number of amides is 1. The van der Waals surface area contributed by atoms with Gasteiger partial charge < -0.3 is 5.32 Å². The second kappa shape index (κ2) is 3.30. The normalized spacial score (nSPS) is 30.2. The van der Waals surface area contributed by atoms with E-state index < -0.39 is 0 Å². The van der Waals surface area contributed by atoms with E-state index in [-0.39, 0.29) is 11.3 Å². The van der Waals surface area contributed by atoms with Crippen LogP contribution in [0.3, 0.4) is 0 Å². The van der Waals surface area contributed by atoms with Gasteiger partial charge in [0.15, 0.2) is 0 Å². The third-order valence-corrected chi connectivity index (χ3v) is 3.92. The Bertz CT molecular complexity index is 407. The van der Waals surface area contributed by atoms with Gasteiger partial charge in [-0.2, -0.15) is 0 Å². The molecule has 0 aliphatic heterocycles. The number of hydrogen-bond donors (Lipinski definition) is 1. The van der Waals surface area contributed by atoms with Gasteiger partial charge in [0, 0.05) is 11.6 Å². The summed E-state index contributed by atoms with van der Waals surface area (Å²) in [5, 5.41) is 3.00. The van der Waals surface area contributed by atoms with Gasteiger partial charge in [-0.1, -0.05) is 6.07 Å². The molecule has 3 fully saturated rings. The van der Waals surface area contributed by atoms with Gasteiger partial charge in [0.05, 0.1) is 12.2 Å². The van der Waals surface area contributed by atoms with E-state index in [1.54, 1.807) is 0 Å². The van der Waals surface area contributed by atoms with Crippen molar-refractivity contribution in [3.8, 4) is 0 Å². The number of aromatic nitrogens is 1. The Morgan fingerprint density at radius 1 is 1.50 bits per heavy atom. The summed E-state index contributed by atoms with van der Waals surface area (Å²) in [5.41, 5.74) is 2.11. The smallest absolute Gasteiger partial charge is 0.226 e. The maximum absolute atomic E-state index is 11.9. The van der Waals surface area contributed by atoms with Crippen LogP contribution < -0.4 is 5.32 Å². The fraction of sp³-hybridized carbons (Fsp3) is 0.538. The number of nitrogens with zero attached hydrogens (tertiary/aromatic N) is 1. The Morgan fingerprint density at radius 3 is 2.75 bits per heavy atom. The fourth-order valence-electron chi connectivity index (χ4n) is 2.72. The van der Waals surface area contributed by atoms with Crippen LogP contribution in [0, 0.1) is 18.3 Å². The van der Waals surface area contributed by atoms with Crippen LogP contribution in [0.2, 0.25) is 0 Å². The first-order valence-corrected chi connectivity index (χ1v) is 5.88. The SMILES string of the molecule is Cc1ccc(CNC(=O)C23CC(C2)C3)nc1. The van der Waals surface area contributed by atoms with E-state index in [4.69, 9.17) is 0 Å². The predicted molar refractivity (Wildman–Crippen MR) is 60.6 cm³/mol. The molecule has 0 radical (unpaired) electrons. The van der Waals surface area contributed by atoms with Crippen molar-refractivity contribution in [3.05, 3.63) is 29.6 Å². The van der Waals surface area contributed by atoms with E-state index in [0.29, 0.717) is 6.54 Å². The molecule has 1 amide bonds. The lowest BCUT2D eigenvalue weighted by atomic mass is 9.44. The summed E-state index contributed by atoms with van der Waals surface area (Å²) in [6, 6.07) is 3.99. The van der Waals surface area contributed by atoms with Crippen LogP contribution in [0.15, 0.2) is 18.3 Å². The number of nitrogens with one attached hydrogen (secondary N) is 1. The summed E-state index contributed by atoms with van der Waals surface area (Å²) in [7, 11) is 0. The van der Waals surface area contributed by atoms with Crippen molar-refractivity contribution < 1.29 is 4.79 Å². The molecule has 0 spiro atoms. The van der Waals surface area contributed by atoms with Crippen LogP contribution in [0.25, 0.3) is 0 Å². The van der Waals surface area contributed by atoms with Crippen molar-refractivity contribution in [2.24, 2.45) is 11.3 Å². The molecular formula is C13H16N2O. The first-order chi connectivity index (χ1) is 7.68. The standard InChI is InChI=1S/C13H16N2O/c1-9-2-3-11(14-7-9)8-15-12(16)13-4-10(5-13)6-13/h2-3,7,10H,4-6,8H2,1H3,(H,15,16). The van der Waals surface area contributed by atoms with Crippen molar-refractivity contribution in [1.82, 2.24) is 10.3 Å². The minimum Gasteiger partial charge on any atom is -0.350 e. The van der Waals surface area contributed by atoms with Gasteiger partial charge in [-0.15, -0.1) is 0 Å². The quantitative estimate of drug-likeness (QED) is 0.837. The van der Waals surface area contributed by atoms with Crippen LogP contribution in [0.5, 0.6) is 0 Å². The predicted octanol–water partition coefficient (Wildman–Crippen LogP) is 1.81. The summed E-state index contributed by atoms with van der Waals surface area (Å²) in [5.74, 6) is 1.08. The summed E-state index contributed by atoms with van der Waals surface area (Å²) < 4.78 is 0. The summed E-state index contributed by atoms with van der Waals surface area (Å²) in [6.45, 7) is 2.57. The monoisotopic (exact) mass is 216 g/mol. The molecule has 1 heterocycles. The zero-order valence-electron chi connectivity index (χ0n) is 9.49. The van der Waals surface area contributed by atoms with E-state index in [9.17, 15) is 4.79 Å². The van der Waals surface area contributed by atoms with Gasteiger partial charge in [0.1, 0.15) is 0 Å². The van der Waals surface area contributed by atoms with E-state index >= 15 is 0 Å². The highest BCUT2D eigenvalue weighted by molar-refractivity contribution is 5.85. The third-order valence-electron chi connectivity index (χ3n) is 3.92. The maximum atomic E-state index is 11.9. The molecule has 0 aromatic carbocycles. The third kappa shape index (κ3) is 1.42. The molecule has 1 aromatic rings. The van der Waals surface area contributed by atoms with Gasteiger partial charge in [-0.3, -0.25) is 9.78 Å². The highest BCUT2D eigenvalue weighted by Crippen LogP contribution is 2.64. The van der Waals surface area contributed by atoms with E-state index in [1.165, 1.54) is 0 Å². The number of carbonyl (C=O) groups is 1. The van der Waals surface area contributed by atoms with Crippen LogP contribution in [-0.2, 0) is 11.3 Å². The molecule has 3 nitrogen and oxygen atoms in total. The first kappa shape index (κ1) is 9.82. The van der Waals surface area contributed by atoms with Crippen LogP contribution in [0.4, 0.5) is 0 Å². The van der Waals surface area contributed by atoms with Crippen molar-refractivity contribution in [2.45, 2.75) is 32.7 Å². The maximum Gasteiger partial charge on any atom is 0.226 e. The highest BCUT2D eigenvalue weighted by Gasteiger charge is 2.61. The first-order valence-electron chi connectivity index (χ1n) is 5.88. The van der Waals surface area contributed by atoms with E-state index in [0.717, 1.165) is 36.4 Å². The average Bonchev–Trinajstić information content (AvgIpc) is 2.12. The number of carbonyl (C=O) groups excluding carboxylic acids is 1. The van der Waals surface area contributed by atoms with Crippen LogP contribution in [-0.4, -0.2) is 10.9 Å². The lowest BCUT2D eigenvalue weighted by Crippen LogP contribution is -2.60. The Labute approximate surface area is 95.3 Å². The Kier molecular flexibility index (Phi) is 2.03. The van der Waals surface area contributed by atoms with E-state index in [2.05, 4.69) is 10.3 Å². The van der Waals surface area contributed by atoms with E-state index in [1.807, 2.05) is 25.3 Å². The topological polar surface area (TPSA) is 42.0 Å². The molecule has 3 aliphatic carbocycles. The molecule has 0 saturated heterocycles. The number of rotatable bonds is 3. The van der Waals surface area contributed by atoms with Crippen molar-refractivity contribution >= 4 is 5.91 Å². The average molecular weight is 216 g/mol.